The van der Waals surface area contributed by atoms with Gasteiger partial charge in [-0.15, -0.1) is 0 Å². The van der Waals surface area contributed by atoms with Gasteiger partial charge in [0.05, 0.1) is 5.39 Å². The number of fused-ring (bicyclic) bond motifs is 1. The number of anilines is 1. The molecule has 0 saturated heterocycles. The molecule has 3 rings (SSSR count). The number of para-hydroxylation sites is 1. The van der Waals surface area contributed by atoms with Crippen molar-refractivity contribution in [2.75, 3.05) is 5.32 Å². The molecule has 3 N–H and O–H groups in total. The topological polar surface area (TPSA) is 95.6 Å². The summed E-state index contributed by atoms with van der Waals surface area (Å²) in [5.74, 6) is 0.279. The normalized spacial score (nSPS) is 10.6. The van der Waals surface area contributed by atoms with Crippen molar-refractivity contribution in [1.29, 1.82) is 0 Å². The molecule has 0 spiro atoms. The lowest BCUT2D eigenvalue weighted by molar-refractivity contribution is 0.209. The minimum absolute atomic E-state index is 0.129. The minimum atomic E-state index is -1.21. The molecule has 0 aliphatic carbocycles. The van der Waals surface area contributed by atoms with Crippen LogP contribution in [-0.2, 0) is 0 Å². The molecule has 0 saturated carbocycles. The van der Waals surface area contributed by atoms with E-state index in [0.717, 1.165) is 5.56 Å². The van der Waals surface area contributed by atoms with Crippen LogP contribution in [0.5, 0.6) is 5.75 Å². The van der Waals surface area contributed by atoms with Crippen molar-refractivity contribution in [3.8, 4) is 16.9 Å². The van der Waals surface area contributed by atoms with Crippen LogP contribution in [0.15, 0.2) is 47.0 Å². The number of nitrogens with one attached hydrogen (secondary N) is 1. The van der Waals surface area contributed by atoms with Gasteiger partial charge in [-0.2, -0.15) is 0 Å². The van der Waals surface area contributed by atoms with Gasteiger partial charge in [0, 0.05) is 5.56 Å². The van der Waals surface area contributed by atoms with Gasteiger partial charge in [-0.25, -0.2) is 4.79 Å². The Kier molecular flexibility index (Phi) is 2.76. The van der Waals surface area contributed by atoms with Crippen LogP contribution < -0.4 is 5.32 Å². The zero-order chi connectivity index (χ0) is 14.1. The summed E-state index contributed by atoms with van der Waals surface area (Å²) in [4.78, 5) is 10.7. The Labute approximate surface area is 113 Å². The number of phenolic OH excluding ortho intramolecular Hbond substituents is 1. The predicted octanol–water partition coefficient (Wildman–Crippen LogP) is 3.29. The lowest BCUT2D eigenvalue weighted by atomic mass is 10.0. The van der Waals surface area contributed by atoms with Crippen molar-refractivity contribution in [2.45, 2.75) is 0 Å². The standard InChI is InChI=1S/C14H10N2O4/c17-11-4-2-1-3-9(11)8-5-6-12-10(7-8)13(16-20-12)15-14(18)19/h1-7,17H,(H,15,16)(H,18,19). The van der Waals surface area contributed by atoms with Gasteiger partial charge in [0.15, 0.2) is 11.4 Å². The van der Waals surface area contributed by atoms with E-state index in [0.29, 0.717) is 16.5 Å². The molecule has 100 valence electrons. The zero-order valence-corrected chi connectivity index (χ0v) is 10.2. The second-order valence-corrected chi connectivity index (χ2v) is 4.19. The van der Waals surface area contributed by atoms with E-state index < -0.39 is 6.09 Å². The molecule has 0 atom stereocenters. The monoisotopic (exact) mass is 270 g/mol. The first kappa shape index (κ1) is 12.0. The average molecular weight is 270 g/mol. The molecule has 0 aliphatic rings. The van der Waals surface area contributed by atoms with Crippen LogP contribution in [0.1, 0.15) is 0 Å². The molecule has 1 heterocycles. The van der Waals surface area contributed by atoms with Crippen molar-refractivity contribution < 1.29 is 19.5 Å². The molecule has 1 aromatic heterocycles. The van der Waals surface area contributed by atoms with Crippen molar-refractivity contribution >= 4 is 22.9 Å². The van der Waals surface area contributed by atoms with Crippen molar-refractivity contribution in [3.63, 3.8) is 0 Å². The summed E-state index contributed by atoms with van der Waals surface area (Å²) in [5, 5.41) is 25.0. The van der Waals surface area contributed by atoms with E-state index in [1.807, 2.05) is 6.07 Å². The maximum atomic E-state index is 10.7. The minimum Gasteiger partial charge on any atom is -0.507 e. The Bertz CT molecular complexity index is 795. The Morgan fingerprint density at radius 1 is 1.20 bits per heavy atom. The largest absolute Gasteiger partial charge is 0.507 e. The highest BCUT2D eigenvalue weighted by atomic mass is 16.5. The van der Waals surface area contributed by atoms with Gasteiger partial charge in [-0.3, -0.25) is 5.32 Å². The summed E-state index contributed by atoms with van der Waals surface area (Å²) in [6, 6.07) is 12.1. The van der Waals surface area contributed by atoms with Gasteiger partial charge in [0.1, 0.15) is 5.75 Å². The van der Waals surface area contributed by atoms with E-state index in [9.17, 15) is 9.90 Å². The molecule has 6 nitrogen and oxygen atoms in total. The number of nitrogens with zero attached hydrogens (tertiary/aromatic N) is 1. The van der Waals surface area contributed by atoms with Crippen LogP contribution in [0.3, 0.4) is 0 Å². The number of hydrogen-bond donors (Lipinski definition) is 3. The van der Waals surface area contributed by atoms with E-state index in [4.69, 9.17) is 9.63 Å². The number of carbonyl (C=O) groups is 1. The lowest BCUT2D eigenvalue weighted by Crippen LogP contribution is -2.07. The summed E-state index contributed by atoms with van der Waals surface area (Å²) in [5.41, 5.74) is 1.86. The van der Waals surface area contributed by atoms with Gasteiger partial charge < -0.3 is 14.7 Å². The first-order chi connectivity index (χ1) is 9.65. The van der Waals surface area contributed by atoms with E-state index in [-0.39, 0.29) is 11.6 Å². The first-order valence-corrected chi connectivity index (χ1v) is 5.83. The Morgan fingerprint density at radius 3 is 2.75 bits per heavy atom. The molecular formula is C14H10N2O4. The molecule has 6 heteroatoms. The highest BCUT2D eigenvalue weighted by molar-refractivity contribution is 5.97. The Hall–Kier alpha value is -3.02. The number of benzene rings is 2. The number of carboxylic acid groups (broad SMARTS) is 1. The number of phenols is 1. The molecular weight excluding hydrogens is 260 g/mol. The van der Waals surface area contributed by atoms with Crippen LogP contribution in [0, 0.1) is 0 Å². The maximum absolute atomic E-state index is 10.7. The summed E-state index contributed by atoms with van der Waals surface area (Å²) in [7, 11) is 0. The number of aromatic nitrogens is 1. The molecule has 1 amide bonds. The highest BCUT2D eigenvalue weighted by Crippen LogP contribution is 2.33. The van der Waals surface area contributed by atoms with E-state index in [1.54, 1.807) is 36.4 Å². The van der Waals surface area contributed by atoms with Crippen molar-refractivity contribution in [2.24, 2.45) is 0 Å². The summed E-state index contributed by atoms with van der Waals surface area (Å²) in [6.07, 6.45) is -1.21. The number of aromatic hydroxyl groups is 1. The fourth-order valence-electron chi connectivity index (χ4n) is 2.02. The van der Waals surface area contributed by atoms with Crippen LogP contribution in [0.4, 0.5) is 10.6 Å². The third kappa shape index (κ3) is 2.03. The SMILES string of the molecule is O=C(O)Nc1noc2ccc(-c3ccccc3O)cc12. The molecule has 0 fully saturated rings. The molecule has 2 aromatic carbocycles. The Morgan fingerprint density at radius 2 is 2.00 bits per heavy atom. The second-order valence-electron chi connectivity index (χ2n) is 4.19. The lowest BCUT2D eigenvalue weighted by Gasteiger charge is -2.04. The van der Waals surface area contributed by atoms with E-state index in [2.05, 4.69) is 10.5 Å². The van der Waals surface area contributed by atoms with Gasteiger partial charge in [-0.1, -0.05) is 29.4 Å². The van der Waals surface area contributed by atoms with Crippen LogP contribution >= 0.6 is 0 Å². The van der Waals surface area contributed by atoms with Gasteiger partial charge in [0.2, 0.25) is 0 Å². The molecule has 0 unspecified atom stereocenters. The van der Waals surface area contributed by atoms with E-state index >= 15 is 0 Å². The predicted molar refractivity (Wildman–Crippen MR) is 72.8 cm³/mol. The summed E-state index contributed by atoms with van der Waals surface area (Å²) in [6.45, 7) is 0. The van der Waals surface area contributed by atoms with Crippen molar-refractivity contribution in [3.05, 3.63) is 42.5 Å². The Balaban J connectivity index is 2.14. The van der Waals surface area contributed by atoms with Crippen LogP contribution in [0.2, 0.25) is 0 Å². The summed E-state index contributed by atoms with van der Waals surface area (Å²) < 4.78 is 5.03. The van der Waals surface area contributed by atoms with Crippen molar-refractivity contribution in [1.82, 2.24) is 5.16 Å². The molecule has 0 aliphatic heterocycles. The number of hydrogen-bond acceptors (Lipinski definition) is 4. The maximum Gasteiger partial charge on any atom is 0.410 e. The van der Waals surface area contributed by atoms with Crippen LogP contribution in [0.25, 0.3) is 22.1 Å². The molecule has 3 aromatic rings. The summed E-state index contributed by atoms with van der Waals surface area (Å²) >= 11 is 0. The molecule has 0 radical (unpaired) electrons. The molecule has 20 heavy (non-hydrogen) atoms. The zero-order valence-electron chi connectivity index (χ0n) is 10.2. The smallest absolute Gasteiger partial charge is 0.410 e. The quantitative estimate of drug-likeness (QED) is 0.664. The van der Waals surface area contributed by atoms with E-state index in [1.165, 1.54) is 0 Å². The fourth-order valence-corrected chi connectivity index (χ4v) is 2.02. The third-order valence-corrected chi connectivity index (χ3v) is 2.91. The fraction of sp³-hybridized carbons (Fsp3) is 0. The molecule has 0 bridgehead atoms. The van der Waals surface area contributed by atoms with Crippen LogP contribution in [-0.4, -0.2) is 21.5 Å². The van der Waals surface area contributed by atoms with Gasteiger partial charge in [0.25, 0.3) is 0 Å². The second kappa shape index (κ2) is 4.58. The number of rotatable bonds is 2. The third-order valence-electron chi connectivity index (χ3n) is 2.91. The highest BCUT2D eigenvalue weighted by Gasteiger charge is 2.12. The van der Waals surface area contributed by atoms with Gasteiger partial charge in [-0.05, 0) is 23.8 Å². The number of amides is 1. The average Bonchev–Trinajstić information content (AvgIpc) is 2.81. The van der Waals surface area contributed by atoms with Gasteiger partial charge >= 0.3 is 6.09 Å². The first-order valence-electron chi connectivity index (χ1n) is 5.83.